The molecule has 4 nitrogen and oxygen atoms in total. The highest BCUT2D eigenvalue weighted by Crippen LogP contribution is 2.55. The fourth-order valence-electron chi connectivity index (χ4n) is 5.03. The lowest BCUT2D eigenvalue weighted by Gasteiger charge is -2.34. The van der Waals surface area contributed by atoms with Gasteiger partial charge in [0.25, 0.3) is 5.91 Å². The number of thioether (sulfide) groups is 1. The van der Waals surface area contributed by atoms with Crippen molar-refractivity contribution in [2.24, 2.45) is 5.92 Å². The fraction of sp³-hybridized carbons (Fsp3) is 0.417. The molecule has 2 amide bonds. The summed E-state index contributed by atoms with van der Waals surface area (Å²) in [6.45, 7) is 2.96. The van der Waals surface area contributed by atoms with Crippen LogP contribution in [0.5, 0.6) is 0 Å². The molecule has 1 saturated heterocycles. The Morgan fingerprint density at radius 1 is 1.17 bits per heavy atom. The van der Waals surface area contributed by atoms with Crippen LogP contribution in [0.3, 0.4) is 0 Å². The van der Waals surface area contributed by atoms with Gasteiger partial charge in [-0.2, -0.15) is 0 Å². The molecule has 2 aromatic carbocycles. The van der Waals surface area contributed by atoms with Crippen LogP contribution in [0.1, 0.15) is 42.4 Å². The fourth-order valence-corrected chi connectivity index (χ4v) is 6.49. The van der Waals surface area contributed by atoms with Crippen molar-refractivity contribution in [2.75, 3.05) is 17.2 Å². The summed E-state index contributed by atoms with van der Waals surface area (Å²) in [5.74, 6) is 0.213. The van der Waals surface area contributed by atoms with Crippen LogP contribution in [0.25, 0.3) is 0 Å². The molecular weight excluding hydrogens is 399 g/mol. The quantitative estimate of drug-likeness (QED) is 0.723. The van der Waals surface area contributed by atoms with Crippen molar-refractivity contribution in [3.8, 4) is 0 Å². The summed E-state index contributed by atoms with van der Waals surface area (Å²) in [6.07, 6.45) is 3.88. The number of anilines is 1. The van der Waals surface area contributed by atoms with E-state index >= 15 is 0 Å². The van der Waals surface area contributed by atoms with Crippen molar-refractivity contribution in [2.45, 2.75) is 44.0 Å². The monoisotopic (exact) mass is 424 g/mol. The molecule has 2 aliphatic heterocycles. The third-order valence-electron chi connectivity index (χ3n) is 6.59. The molecule has 2 fully saturated rings. The van der Waals surface area contributed by atoms with E-state index in [2.05, 4.69) is 0 Å². The lowest BCUT2D eigenvalue weighted by molar-refractivity contribution is -0.143. The number of halogens is 1. The van der Waals surface area contributed by atoms with Gasteiger partial charge in [-0.25, -0.2) is 4.39 Å². The Morgan fingerprint density at radius 2 is 1.90 bits per heavy atom. The molecule has 5 rings (SSSR count). The van der Waals surface area contributed by atoms with Crippen LogP contribution >= 0.6 is 11.8 Å². The molecule has 6 heteroatoms. The molecule has 3 aliphatic rings. The van der Waals surface area contributed by atoms with Gasteiger partial charge < -0.3 is 9.80 Å². The number of carbonyl (C=O) groups is 2. The molecule has 0 aromatic heterocycles. The van der Waals surface area contributed by atoms with Crippen LogP contribution in [0.4, 0.5) is 10.1 Å². The van der Waals surface area contributed by atoms with Crippen molar-refractivity contribution in [3.63, 3.8) is 0 Å². The van der Waals surface area contributed by atoms with Gasteiger partial charge in [0.1, 0.15) is 5.82 Å². The Hall–Kier alpha value is -2.34. The Labute approximate surface area is 180 Å². The van der Waals surface area contributed by atoms with Crippen molar-refractivity contribution >= 4 is 29.3 Å². The van der Waals surface area contributed by atoms with E-state index in [1.807, 2.05) is 31.2 Å². The Morgan fingerprint density at radius 3 is 2.63 bits per heavy atom. The first kappa shape index (κ1) is 19.6. The zero-order valence-corrected chi connectivity index (χ0v) is 17.9. The lowest BCUT2D eigenvalue weighted by Crippen LogP contribution is -2.51. The Bertz CT molecular complexity index is 1000. The number of amides is 2. The second-order valence-corrected chi connectivity index (χ2v) is 9.79. The minimum atomic E-state index is -1.14. The number of nitrogens with zero attached hydrogens (tertiary/aromatic N) is 2. The standard InChI is InChI=1S/C24H25FN2O2S/c1-16-6-8-17(9-7-16)15-26-21-11-10-19(25)14-20(21)24(23(26)29)27(12-13-30-24)22(28)18-4-2-3-5-18/h6-11,14,18H,2-5,12-13,15H2,1H3/t24-/m1/s1. The highest BCUT2D eigenvalue weighted by molar-refractivity contribution is 8.01. The molecule has 0 bridgehead atoms. The predicted octanol–water partition coefficient (Wildman–Crippen LogP) is 4.60. The SMILES string of the molecule is Cc1ccc(CN2C(=O)[C@]3(SCCN3C(=O)C3CCCC3)c3cc(F)ccc32)cc1. The van der Waals surface area contributed by atoms with Gasteiger partial charge in [0.2, 0.25) is 5.91 Å². The topological polar surface area (TPSA) is 40.6 Å². The van der Waals surface area contributed by atoms with E-state index < -0.39 is 4.87 Å². The number of carbonyl (C=O) groups excluding carboxylic acids is 2. The van der Waals surface area contributed by atoms with Gasteiger partial charge in [-0.1, -0.05) is 42.7 Å². The molecule has 2 aromatic rings. The highest BCUT2D eigenvalue weighted by atomic mass is 32.2. The molecule has 1 saturated carbocycles. The number of fused-ring (bicyclic) bond motifs is 2. The maximum absolute atomic E-state index is 14.3. The largest absolute Gasteiger partial charge is 0.315 e. The summed E-state index contributed by atoms with van der Waals surface area (Å²) in [5.41, 5.74) is 3.50. The summed E-state index contributed by atoms with van der Waals surface area (Å²) in [7, 11) is 0. The minimum absolute atomic E-state index is 0.0171. The summed E-state index contributed by atoms with van der Waals surface area (Å²) in [4.78, 5) is 29.6. The Kier molecular flexibility index (Phi) is 4.85. The number of benzene rings is 2. The number of aryl methyl sites for hydroxylation is 1. The van der Waals surface area contributed by atoms with Gasteiger partial charge in [-0.05, 0) is 43.5 Å². The molecule has 0 N–H and O–H groups in total. The van der Waals surface area contributed by atoms with Crippen molar-refractivity contribution in [1.29, 1.82) is 0 Å². The number of rotatable bonds is 3. The summed E-state index contributed by atoms with van der Waals surface area (Å²) in [6, 6.07) is 12.6. The molecule has 2 heterocycles. The molecule has 1 aliphatic carbocycles. The van der Waals surface area contributed by atoms with E-state index in [-0.39, 0.29) is 23.5 Å². The average Bonchev–Trinajstić information content (AvgIpc) is 3.47. The van der Waals surface area contributed by atoms with Crippen LogP contribution in [0.2, 0.25) is 0 Å². The van der Waals surface area contributed by atoms with E-state index in [4.69, 9.17) is 0 Å². The third kappa shape index (κ3) is 2.96. The van der Waals surface area contributed by atoms with Gasteiger partial charge in [0.05, 0.1) is 12.2 Å². The summed E-state index contributed by atoms with van der Waals surface area (Å²) in [5, 5.41) is 0. The predicted molar refractivity (Wildman–Crippen MR) is 117 cm³/mol. The maximum atomic E-state index is 14.3. The lowest BCUT2D eigenvalue weighted by atomic mass is 10.0. The third-order valence-corrected chi connectivity index (χ3v) is 8.01. The van der Waals surface area contributed by atoms with Crippen molar-refractivity contribution in [3.05, 3.63) is 65.0 Å². The van der Waals surface area contributed by atoms with Crippen LogP contribution < -0.4 is 4.90 Å². The van der Waals surface area contributed by atoms with E-state index in [1.54, 1.807) is 15.9 Å². The summed E-state index contributed by atoms with van der Waals surface area (Å²) >= 11 is 1.47. The zero-order valence-electron chi connectivity index (χ0n) is 17.1. The maximum Gasteiger partial charge on any atom is 0.268 e. The van der Waals surface area contributed by atoms with Crippen LogP contribution in [-0.2, 0) is 21.0 Å². The zero-order chi connectivity index (χ0) is 20.9. The van der Waals surface area contributed by atoms with E-state index in [0.717, 1.165) is 36.8 Å². The first-order valence-electron chi connectivity index (χ1n) is 10.6. The van der Waals surface area contributed by atoms with Crippen LogP contribution in [0.15, 0.2) is 42.5 Å². The van der Waals surface area contributed by atoms with Crippen LogP contribution in [0, 0.1) is 18.7 Å². The molecule has 0 unspecified atom stereocenters. The van der Waals surface area contributed by atoms with Gasteiger partial charge in [0, 0.05) is 23.8 Å². The first-order valence-corrected chi connectivity index (χ1v) is 11.6. The van der Waals surface area contributed by atoms with Gasteiger partial charge in [-0.3, -0.25) is 9.59 Å². The smallest absolute Gasteiger partial charge is 0.268 e. The van der Waals surface area contributed by atoms with Gasteiger partial charge in [0.15, 0.2) is 4.87 Å². The second-order valence-electron chi connectivity index (χ2n) is 8.50. The molecule has 1 spiro atoms. The van der Waals surface area contributed by atoms with E-state index in [1.165, 1.54) is 23.9 Å². The second kappa shape index (κ2) is 7.41. The number of hydrogen-bond acceptors (Lipinski definition) is 3. The van der Waals surface area contributed by atoms with E-state index in [9.17, 15) is 14.0 Å². The normalized spacial score (nSPS) is 23.6. The molecule has 1 atom stereocenters. The van der Waals surface area contributed by atoms with Gasteiger partial charge in [-0.15, -0.1) is 11.8 Å². The molecular formula is C24H25FN2O2S. The average molecular weight is 425 g/mol. The van der Waals surface area contributed by atoms with Crippen molar-refractivity contribution in [1.82, 2.24) is 4.90 Å². The molecule has 0 radical (unpaired) electrons. The number of hydrogen-bond donors (Lipinski definition) is 0. The van der Waals surface area contributed by atoms with E-state index in [0.29, 0.717) is 30.1 Å². The summed E-state index contributed by atoms with van der Waals surface area (Å²) < 4.78 is 14.3. The van der Waals surface area contributed by atoms with Crippen molar-refractivity contribution < 1.29 is 14.0 Å². The van der Waals surface area contributed by atoms with Crippen LogP contribution in [-0.4, -0.2) is 29.0 Å². The highest BCUT2D eigenvalue weighted by Gasteiger charge is 2.60. The molecule has 156 valence electrons. The minimum Gasteiger partial charge on any atom is -0.315 e. The van der Waals surface area contributed by atoms with Gasteiger partial charge >= 0.3 is 0 Å². The Balaban J connectivity index is 1.56. The first-order chi connectivity index (χ1) is 14.5. The molecule has 30 heavy (non-hydrogen) atoms.